The van der Waals surface area contributed by atoms with Gasteiger partial charge in [0.25, 0.3) is 0 Å². The lowest BCUT2D eigenvalue weighted by Gasteiger charge is -2.22. The first-order valence-electron chi connectivity index (χ1n) is 11.6. The number of phenols is 1. The Morgan fingerprint density at radius 2 is 1.67 bits per heavy atom. The number of carboxylic acids is 1. The molecule has 13 nitrogen and oxygen atoms in total. The van der Waals surface area contributed by atoms with Crippen LogP contribution in [0.3, 0.4) is 0 Å². The number of hydrogen-bond donors (Lipinski definition) is 8. The van der Waals surface area contributed by atoms with Crippen molar-refractivity contribution < 1.29 is 29.4 Å². The number of phenolic OH excluding ortho intramolecular Hbond substituents is 1. The van der Waals surface area contributed by atoms with E-state index in [4.69, 9.17) is 17.2 Å². The standard InChI is InChI=1S/C23H37N7O6/c1-3-13(2)19(24)21(34)28-12-18(32)29-17(11-14-6-8-15(31)9-7-14)20(33)30-16(22(35)36)5-4-10-27-23(25)26/h6-9,13,16-17,19,31H,3-5,10-12,24H2,1-2H3,(H,28,34)(H,29,32)(H,30,33)(H,35,36)(H4,25,26,27). The fourth-order valence-electron chi connectivity index (χ4n) is 3.15. The van der Waals surface area contributed by atoms with Gasteiger partial charge in [-0.15, -0.1) is 0 Å². The normalized spacial score (nSPS) is 14.0. The molecule has 0 aliphatic heterocycles. The zero-order chi connectivity index (χ0) is 27.3. The van der Waals surface area contributed by atoms with Crippen molar-refractivity contribution in [3.63, 3.8) is 0 Å². The van der Waals surface area contributed by atoms with E-state index in [2.05, 4.69) is 20.9 Å². The molecule has 0 spiro atoms. The summed E-state index contributed by atoms with van der Waals surface area (Å²) in [4.78, 5) is 53.1. The zero-order valence-corrected chi connectivity index (χ0v) is 20.6. The van der Waals surface area contributed by atoms with E-state index in [0.29, 0.717) is 18.4 Å². The Balaban J connectivity index is 2.88. The molecule has 3 amide bonds. The highest BCUT2D eigenvalue weighted by Gasteiger charge is 2.27. The first-order valence-corrected chi connectivity index (χ1v) is 11.6. The molecule has 13 heteroatoms. The number of aromatic hydroxyl groups is 1. The lowest BCUT2D eigenvalue weighted by Crippen LogP contribution is -2.54. The molecule has 0 aliphatic rings. The Labute approximate surface area is 209 Å². The summed E-state index contributed by atoms with van der Waals surface area (Å²) < 4.78 is 0. The fraction of sp³-hybridized carbons (Fsp3) is 0.522. The third-order valence-corrected chi connectivity index (χ3v) is 5.57. The van der Waals surface area contributed by atoms with E-state index in [0.717, 1.165) is 0 Å². The van der Waals surface area contributed by atoms with Gasteiger partial charge in [-0.3, -0.25) is 19.4 Å². The van der Waals surface area contributed by atoms with E-state index < -0.39 is 48.4 Å². The molecule has 0 bridgehead atoms. The predicted molar refractivity (Wildman–Crippen MR) is 134 cm³/mol. The number of nitrogens with zero attached hydrogens (tertiary/aromatic N) is 1. The number of aliphatic imine (C=N–C) groups is 1. The van der Waals surface area contributed by atoms with E-state index in [1.54, 1.807) is 12.1 Å². The minimum absolute atomic E-state index is 0.0124. The molecule has 0 heterocycles. The number of hydrogen-bond acceptors (Lipinski definition) is 7. The monoisotopic (exact) mass is 507 g/mol. The van der Waals surface area contributed by atoms with Crippen molar-refractivity contribution in [2.75, 3.05) is 13.1 Å². The van der Waals surface area contributed by atoms with Crippen molar-refractivity contribution in [3.05, 3.63) is 29.8 Å². The van der Waals surface area contributed by atoms with Crippen LogP contribution in [0.1, 0.15) is 38.7 Å². The number of guanidine groups is 1. The molecule has 200 valence electrons. The van der Waals surface area contributed by atoms with Gasteiger partial charge in [0.05, 0.1) is 12.6 Å². The van der Waals surface area contributed by atoms with Crippen LogP contribution >= 0.6 is 0 Å². The molecule has 0 saturated heterocycles. The van der Waals surface area contributed by atoms with Crippen molar-refractivity contribution in [3.8, 4) is 5.75 Å². The molecule has 1 rings (SSSR count). The molecule has 0 radical (unpaired) electrons. The number of aliphatic carboxylic acids is 1. The van der Waals surface area contributed by atoms with Crippen LogP contribution in [0.5, 0.6) is 5.75 Å². The number of carboxylic acid groups (broad SMARTS) is 1. The number of carbonyl (C=O) groups is 4. The van der Waals surface area contributed by atoms with Gasteiger partial charge in [0.15, 0.2) is 5.96 Å². The van der Waals surface area contributed by atoms with Gasteiger partial charge in [0.2, 0.25) is 17.7 Å². The van der Waals surface area contributed by atoms with Crippen LogP contribution in [0.15, 0.2) is 29.3 Å². The summed E-state index contributed by atoms with van der Waals surface area (Å²) in [5.74, 6) is -3.32. The van der Waals surface area contributed by atoms with Crippen LogP contribution in [0.25, 0.3) is 0 Å². The Morgan fingerprint density at radius 3 is 2.22 bits per heavy atom. The molecule has 0 aliphatic carbocycles. The van der Waals surface area contributed by atoms with Crippen LogP contribution in [-0.2, 0) is 25.6 Å². The van der Waals surface area contributed by atoms with Gasteiger partial charge in [-0.05, 0) is 36.5 Å². The van der Waals surface area contributed by atoms with E-state index in [1.165, 1.54) is 12.1 Å². The second kappa shape index (κ2) is 15.2. The number of nitrogens with one attached hydrogen (secondary N) is 3. The van der Waals surface area contributed by atoms with E-state index in [1.807, 2.05) is 13.8 Å². The molecule has 1 aromatic carbocycles. The van der Waals surface area contributed by atoms with Crippen LogP contribution in [0.2, 0.25) is 0 Å². The highest BCUT2D eigenvalue weighted by atomic mass is 16.4. The topological polar surface area (TPSA) is 235 Å². The maximum atomic E-state index is 13.0. The highest BCUT2D eigenvalue weighted by Crippen LogP contribution is 2.12. The number of carbonyl (C=O) groups excluding carboxylic acids is 3. The third-order valence-electron chi connectivity index (χ3n) is 5.57. The third kappa shape index (κ3) is 11.0. The number of benzene rings is 1. The van der Waals surface area contributed by atoms with Gasteiger partial charge in [-0.25, -0.2) is 4.79 Å². The van der Waals surface area contributed by atoms with Crippen LogP contribution in [0, 0.1) is 5.92 Å². The molecule has 0 aromatic heterocycles. The molecular weight excluding hydrogens is 470 g/mol. The number of nitrogens with two attached hydrogens (primary N) is 3. The molecule has 4 unspecified atom stereocenters. The summed E-state index contributed by atoms with van der Waals surface area (Å²) in [7, 11) is 0. The second-order valence-corrected chi connectivity index (χ2v) is 8.47. The molecule has 0 fully saturated rings. The van der Waals surface area contributed by atoms with Gasteiger partial charge in [-0.2, -0.15) is 0 Å². The minimum Gasteiger partial charge on any atom is -0.508 e. The summed E-state index contributed by atoms with van der Waals surface area (Å²) in [6.07, 6.45) is 1.05. The van der Waals surface area contributed by atoms with Crippen molar-refractivity contribution in [1.29, 1.82) is 0 Å². The molecule has 4 atom stereocenters. The van der Waals surface area contributed by atoms with Crippen LogP contribution in [-0.4, -0.2) is 71.1 Å². The lowest BCUT2D eigenvalue weighted by atomic mass is 9.99. The summed E-state index contributed by atoms with van der Waals surface area (Å²) in [5, 5.41) is 26.4. The van der Waals surface area contributed by atoms with Gasteiger partial charge in [-0.1, -0.05) is 32.4 Å². The van der Waals surface area contributed by atoms with E-state index >= 15 is 0 Å². The van der Waals surface area contributed by atoms with Gasteiger partial charge < -0.3 is 43.4 Å². The summed E-state index contributed by atoms with van der Waals surface area (Å²) in [5.41, 5.74) is 17.0. The van der Waals surface area contributed by atoms with Crippen LogP contribution < -0.4 is 33.2 Å². The van der Waals surface area contributed by atoms with Gasteiger partial charge in [0.1, 0.15) is 17.8 Å². The SMILES string of the molecule is CCC(C)C(N)C(=O)NCC(=O)NC(Cc1ccc(O)cc1)C(=O)NC(CCCN=C(N)N)C(=O)O. The van der Waals surface area contributed by atoms with Crippen molar-refractivity contribution in [2.24, 2.45) is 28.1 Å². The average Bonchev–Trinajstić information content (AvgIpc) is 2.83. The molecule has 0 saturated carbocycles. The van der Waals surface area contributed by atoms with E-state index in [-0.39, 0.29) is 37.0 Å². The Morgan fingerprint density at radius 1 is 1.03 bits per heavy atom. The van der Waals surface area contributed by atoms with Crippen molar-refractivity contribution >= 4 is 29.7 Å². The summed E-state index contributed by atoms with van der Waals surface area (Å²) in [6.45, 7) is 3.48. The highest BCUT2D eigenvalue weighted by molar-refractivity contribution is 5.92. The van der Waals surface area contributed by atoms with Crippen molar-refractivity contribution in [1.82, 2.24) is 16.0 Å². The predicted octanol–water partition coefficient (Wildman–Crippen LogP) is -1.47. The van der Waals surface area contributed by atoms with Gasteiger partial charge >= 0.3 is 5.97 Å². The lowest BCUT2D eigenvalue weighted by molar-refractivity contribution is -0.142. The number of amides is 3. The molecule has 36 heavy (non-hydrogen) atoms. The molecule has 1 aromatic rings. The number of rotatable bonds is 15. The second-order valence-electron chi connectivity index (χ2n) is 8.47. The first kappa shape index (κ1) is 30.2. The Hall–Kier alpha value is -3.87. The first-order chi connectivity index (χ1) is 16.9. The Kier molecular flexibility index (Phi) is 12.7. The largest absolute Gasteiger partial charge is 0.508 e. The smallest absolute Gasteiger partial charge is 0.326 e. The van der Waals surface area contributed by atoms with E-state index in [9.17, 15) is 29.4 Å². The Bertz CT molecular complexity index is 918. The molecular formula is C23H37N7O6. The quantitative estimate of drug-likeness (QED) is 0.0784. The van der Waals surface area contributed by atoms with Gasteiger partial charge in [0, 0.05) is 13.0 Å². The van der Waals surface area contributed by atoms with Crippen molar-refractivity contribution in [2.45, 2.75) is 57.7 Å². The maximum absolute atomic E-state index is 13.0. The fourth-order valence-corrected chi connectivity index (χ4v) is 3.15. The van der Waals surface area contributed by atoms with Crippen LogP contribution in [0.4, 0.5) is 0 Å². The maximum Gasteiger partial charge on any atom is 0.326 e. The minimum atomic E-state index is -1.26. The average molecular weight is 508 g/mol. The zero-order valence-electron chi connectivity index (χ0n) is 20.6. The molecule has 11 N–H and O–H groups in total. The summed E-state index contributed by atoms with van der Waals surface area (Å²) >= 11 is 0. The summed E-state index contributed by atoms with van der Waals surface area (Å²) in [6, 6.07) is 2.81.